The first-order valence-corrected chi connectivity index (χ1v) is 15.9. The minimum absolute atomic E-state index is 0.450. The van der Waals surface area contributed by atoms with E-state index in [9.17, 15) is 28.8 Å². The van der Waals surface area contributed by atoms with E-state index in [2.05, 4.69) is 5.32 Å². The van der Waals surface area contributed by atoms with Crippen LogP contribution in [0.25, 0.3) is 0 Å². The van der Waals surface area contributed by atoms with Crippen molar-refractivity contribution in [2.45, 2.75) is 41.7 Å². The molecule has 3 heterocycles. The van der Waals surface area contributed by atoms with Crippen LogP contribution < -0.4 is 10.2 Å². The van der Waals surface area contributed by atoms with Crippen molar-refractivity contribution in [2.75, 3.05) is 25.7 Å². The molecule has 46 heavy (non-hydrogen) atoms. The number of thioether (sulfide) groups is 1. The Morgan fingerprint density at radius 3 is 1.89 bits per heavy atom. The van der Waals surface area contributed by atoms with Crippen LogP contribution in [0.3, 0.4) is 0 Å². The molecule has 240 valence electrons. The number of nitrogens with zero attached hydrogens (tertiary/aromatic N) is 2. The van der Waals surface area contributed by atoms with Crippen LogP contribution >= 0.6 is 23.1 Å². The third kappa shape index (κ3) is 5.30. The second-order valence-corrected chi connectivity index (χ2v) is 12.9. The summed E-state index contributed by atoms with van der Waals surface area (Å²) in [5.74, 6) is -5.41. The topological polar surface area (TPSA) is 149 Å². The second-order valence-electron chi connectivity index (χ2n) is 10.6. The highest BCUT2D eigenvalue weighted by molar-refractivity contribution is 8.03. The van der Waals surface area contributed by atoms with Crippen molar-refractivity contribution in [1.82, 2.24) is 10.2 Å². The van der Waals surface area contributed by atoms with Crippen molar-refractivity contribution >= 4 is 63.7 Å². The van der Waals surface area contributed by atoms with Gasteiger partial charge in [-0.05, 0) is 28.6 Å². The summed E-state index contributed by atoms with van der Waals surface area (Å²) in [7, 11) is 2.05. The Kier molecular flexibility index (Phi) is 9.22. The number of esters is 3. The van der Waals surface area contributed by atoms with E-state index >= 15 is 0 Å². The van der Waals surface area contributed by atoms with Gasteiger partial charge in [0, 0.05) is 13.8 Å². The quantitative estimate of drug-likeness (QED) is 0.157. The van der Waals surface area contributed by atoms with Crippen LogP contribution in [0.4, 0.5) is 5.00 Å². The van der Waals surface area contributed by atoms with Gasteiger partial charge in [0.25, 0.3) is 0 Å². The van der Waals surface area contributed by atoms with E-state index in [0.29, 0.717) is 27.9 Å². The van der Waals surface area contributed by atoms with Gasteiger partial charge in [0.15, 0.2) is 11.6 Å². The number of hydrogen-bond acceptors (Lipinski definition) is 11. The number of rotatable bonds is 9. The number of ether oxygens (including phenoxy) is 3. The van der Waals surface area contributed by atoms with E-state index < -0.39 is 70.0 Å². The number of thiophene rings is 1. The lowest BCUT2D eigenvalue weighted by Crippen LogP contribution is -2.86. The van der Waals surface area contributed by atoms with Gasteiger partial charge in [0.1, 0.15) is 11.4 Å². The van der Waals surface area contributed by atoms with E-state index in [1.807, 2.05) is 0 Å². The monoisotopic (exact) mass is 665 g/mol. The SMILES string of the molecule is COC(=O)C1(C(=O)OC)S[C@@H]2C(N(C(C)=O)c3cccs3)C(=O)N2CC1(NC(C)=O)C(=O)OC(c1ccccc1)c1ccccc1. The number of carbonyl (C=O) groups excluding carboxylic acids is 6. The molecule has 0 radical (unpaired) electrons. The fourth-order valence-corrected chi connectivity index (χ4v) is 8.48. The van der Waals surface area contributed by atoms with E-state index in [-0.39, 0.29) is 0 Å². The highest BCUT2D eigenvalue weighted by atomic mass is 32.2. The first-order valence-electron chi connectivity index (χ1n) is 14.1. The molecule has 12 nitrogen and oxygen atoms in total. The molecule has 2 aliphatic rings. The number of hydrogen-bond donors (Lipinski definition) is 1. The molecule has 0 aliphatic carbocycles. The Labute approximate surface area is 273 Å². The molecule has 2 aromatic carbocycles. The minimum atomic E-state index is -2.60. The van der Waals surface area contributed by atoms with Crippen LogP contribution in [0.1, 0.15) is 31.1 Å². The Bertz CT molecular complexity index is 1600. The van der Waals surface area contributed by atoms with Gasteiger partial charge in [0.2, 0.25) is 22.5 Å². The highest BCUT2D eigenvalue weighted by Crippen LogP contribution is 2.54. The largest absolute Gasteiger partial charge is 0.467 e. The lowest BCUT2D eigenvalue weighted by molar-refractivity contribution is -0.178. The molecule has 0 spiro atoms. The zero-order valence-electron chi connectivity index (χ0n) is 25.3. The molecule has 3 amide bonds. The fraction of sp³-hybridized carbons (Fsp3) is 0.312. The van der Waals surface area contributed by atoms with Crippen LogP contribution in [0.2, 0.25) is 0 Å². The molecule has 2 unspecified atom stereocenters. The number of fused-ring (bicyclic) bond motifs is 1. The number of carbonyl (C=O) groups is 6. The molecule has 1 N–H and O–H groups in total. The Hall–Kier alpha value is -4.69. The maximum Gasteiger partial charge on any atom is 0.337 e. The summed E-state index contributed by atoms with van der Waals surface area (Å²) in [5, 5.41) is 3.72. The molecule has 2 aliphatic heterocycles. The lowest BCUT2D eigenvalue weighted by Gasteiger charge is -2.60. The maximum absolute atomic E-state index is 14.7. The van der Waals surface area contributed by atoms with Crippen molar-refractivity contribution in [3.8, 4) is 0 Å². The van der Waals surface area contributed by atoms with Crippen molar-refractivity contribution in [1.29, 1.82) is 0 Å². The summed E-state index contributed by atoms with van der Waals surface area (Å²) in [4.78, 5) is 84.6. The molecule has 3 atom stereocenters. The third-order valence-electron chi connectivity index (χ3n) is 7.89. The number of anilines is 1. The zero-order chi connectivity index (χ0) is 33.2. The highest BCUT2D eigenvalue weighted by Gasteiger charge is 2.77. The van der Waals surface area contributed by atoms with Crippen molar-refractivity contribution in [3.05, 3.63) is 89.3 Å². The van der Waals surface area contributed by atoms with Crippen LogP contribution in [0.5, 0.6) is 0 Å². The molecule has 0 bridgehead atoms. The average Bonchev–Trinajstić information content (AvgIpc) is 3.60. The molecule has 1 aromatic heterocycles. The van der Waals surface area contributed by atoms with Gasteiger partial charge in [-0.3, -0.25) is 19.3 Å². The average molecular weight is 666 g/mol. The predicted octanol–water partition coefficient (Wildman–Crippen LogP) is 2.68. The van der Waals surface area contributed by atoms with Crippen molar-refractivity contribution < 1.29 is 43.0 Å². The summed E-state index contributed by atoms with van der Waals surface area (Å²) < 4.78 is 13.8. The summed E-state index contributed by atoms with van der Waals surface area (Å²) in [6.07, 6.45) is -1.04. The van der Waals surface area contributed by atoms with Crippen LogP contribution in [-0.2, 0) is 43.0 Å². The zero-order valence-corrected chi connectivity index (χ0v) is 27.0. The molecule has 14 heteroatoms. The molecule has 0 saturated carbocycles. The fourth-order valence-electron chi connectivity index (χ4n) is 5.88. The number of methoxy groups -OCH3 is 2. The Balaban J connectivity index is 1.67. The van der Waals surface area contributed by atoms with Gasteiger partial charge in [-0.15, -0.1) is 23.1 Å². The van der Waals surface area contributed by atoms with Crippen LogP contribution in [-0.4, -0.2) is 83.0 Å². The third-order valence-corrected chi connectivity index (χ3v) is 10.6. The van der Waals surface area contributed by atoms with Crippen LogP contribution in [0, 0.1) is 0 Å². The first kappa shape index (κ1) is 32.7. The van der Waals surface area contributed by atoms with Gasteiger partial charge in [-0.1, -0.05) is 60.7 Å². The van der Waals surface area contributed by atoms with E-state index in [1.54, 1.807) is 78.2 Å². The van der Waals surface area contributed by atoms with Crippen molar-refractivity contribution in [2.24, 2.45) is 0 Å². The molecule has 3 aromatic rings. The molecular weight excluding hydrogens is 634 g/mol. The van der Waals surface area contributed by atoms with E-state index in [1.165, 1.54) is 28.1 Å². The molecular formula is C32H31N3O9S2. The van der Waals surface area contributed by atoms with Gasteiger partial charge in [0.05, 0.1) is 25.8 Å². The number of benzene rings is 2. The molecule has 2 fully saturated rings. The van der Waals surface area contributed by atoms with E-state index in [4.69, 9.17) is 14.2 Å². The summed E-state index contributed by atoms with van der Waals surface area (Å²) >= 11 is 1.82. The molecule has 5 rings (SSSR count). The maximum atomic E-state index is 14.7. The summed E-state index contributed by atoms with van der Waals surface area (Å²) in [5.41, 5.74) is -1.39. The Morgan fingerprint density at radius 1 is 0.870 bits per heavy atom. The smallest absolute Gasteiger partial charge is 0.337 e. The van der Waals surface area contributed by atoms with Crippen molar-refractivity contribution in [3.63, 3.8) is 0 Å². The standard InChI is InChI=1S/C32H31N3O9S2/c1-19(36)33-31(28(39)44-25(21-12-7-5-8-13-21)22-14-9-6-10-15-22)18-34-26(38)24(35(20(2)37)23-16-11-17-45-23)27(34)46-32(31,29(40)42-3)30(41)43-4/h5-17,24-25,27H,18H2,1-4H3,(H,33,36)/t24?,27-,31?/m1/s1. The first-order chi connectivity index (χ1) is 22.0. The van der Waals surface area contributed by atoms with Crippen LogP contribution in [0.15, 0.2) is 78.2 Å². The van der Waals surface area contributed by atoms with Gasteiger partial charge in [-0.2, -0.15) is 0 Å². The minimum Gasteiger partial charge on any atom is -0.467 e. The normalized spacial score (nSPS) is 21.3. The predicted molar refractivity (Wildman–Crippen MR) is 168 cm³/mol. The molecule has 2 saturated heterocycles. The summed E-state index contributed by atoms with van der Waals surface area (Å²) in [6, 6.07) is 19.8. The number of nitrogens with one attached hydrogen (secondary N) is 1. The second kappa shape index (κ2) is 13.0. The van der Waals surface area contributed by atoms with Gasteiger partial charge >= 0.3 is 17.9 Å². The number of β-lactam (4-membered cyclic amide) rings is 1. The number of amides is 3. The van der Waals surface area contributed by atoms with Gasteiger partial charge in [-0.25, -0.2) is 14.4 Å². The Morgan fingerprint density at radius 2 is 1.43 bits per heavy atom. The lowest BCUT2D eigenvalue weighted by atomic mass is 9.79. The van der Waals surface area contributed by atoms with Gasteiger partial charge < -0.3 is 24.4 Å². The van der Waals surface area contributed by atoms with E-state index in [0.717, 1.165) is 21.1 Å². The summed E-state index contributed by atoms with van der Waals surface area (Å²) in [6.45, 7) is 1.74.